The number of benzene rings is 2. The first-order chi connectivity index (χ1) is 16.1. The van der Waals surface area contributed by atoms with Crippen molar-refractivity contribution in [2.24, 2.45) is 0 Å². The van der Waals surface area contributed by atoms with E-state index in [9.17, 15) is 9.59 Å². The Bertz CT molecular complexity index is 1010. The van der Waals surface area contributed by atoms with Gasteiger partial charge in [-0.05, 0) is 0 Å². The molecule has 0 heterocycles. The molecular weight excluding hydrogens is 500 g/mol. The van der Waals surface area contributed by atoms with Gasteiger partial charge in [0.1, 0.15) is 0 Å². The van der Waals surface area contributed by atoms with Crippen molar-refractivity contribution in [2.75, 3.05) is 14.2 Å². The van der Waals surface area contributed by atoms with Gasteiger partial charge in [0.2, 0.25) is 0 Å². The first-order valence-corrected chi connectivity index (χ1v) is 15.3. The van der Waals surface area contributed by atoms with E-state index in [1.807, 2.05) is 24.3 Å². The molecule has 0 saturated carbocycles. The van der Waals surface area contributed by atoms with Crippen molar-refractivity contribution in [3.63, 3.8) is 0 Å². The van der Waals surface area contributed by atoms with Gasteiger partial charge in [0.15, 0.2) is 0 Å². The SMILES string of the molecule is COC(=O)c1ccc([O][Zr]([O]c2ccc(C(=O)OC)cc2)([CH]2C=CC=C2)[CH]2C=CC=C2)cc1. The second kappa shape index (κ2) is 10.2. The Morgan fingerprint density at radius 1 is 0.606 bits per heavy atom. The average Bonchev–Trinajstić information content (AvgIpc) is 3.59. The molecule has 0 saturated heterocycles. The number of hydrogen-bond acceptors (Lipinski definition) is 6. The Morgan fingerprint density at radius 3 is 1.24 bits per heavy atom. The van der Waals surface area contributed by atoms with Crippen LogP contribution in [0.25, 0.3) is 0 Å². The van der Waals surface area contributed by atoms with Gasteiger partial charge in [0, 0.05) is 0 Å². The van der Waals surface area contributed by atoms with Crippen LogP contribution in [-0.4, -0.2) is 26.2 Å². The molecule has 0 atom stereocenters. The van der Waals surface area contributed by atoms with E-state index >= 15 is 0 Å². The molecule has 6 nitrogen and oxygen atoms in total. The van der Waals surface area contributed by atoms with Crippen molar-refractivity contribution in [3.05, 3.63) is 108 Å². The topological polar surface area (TPSA) is 71.1 Å². The van der Waals surface area contributed by atoms with E-state index < -0.39 is 33.1 Å². The van der Waals surface area contributed by atoms with Gasteiger partial charge in [-0.25, -0.2) is 0 Å². The van der Waals surface area contributed by atoms with Gasteiger partial charge >= 0.3 is 199 Å². The van der Waals surface area contributed by atoms with Crippen LogP contribution in [0.15, 0.2) is 97.1 Å². The van der Waals surface area contributed by atoms with Gasteiger partial charge in [-0.2, -0.15) is 0 Å². The summed E-state index contributed by atoms with van der Waals surface area (Å²) in [6, 6.07) is 13.8. The molecule has 0 aromatic heterocycles. The minimum atomic E-state index is -4.09. The number of methoxy groups -OCH3 is 2. The number of rotatable bonds is 8. The van der Waals surface area contributed by atoms with Crippen LogP contribution in [0.2, 0.25) is 7.25 Å². The second-order valence-corrected chi connectivity index (χ2v) is 15.4. The molecule has 2 aliphatic carbocycles. The van der Waals surface area contributed by atoms with Gasteiger partial charge in [-0.1, -0.05) is 0 Å². The molecule has 2 aromatic carbocycles. The first kappa shape index (κ1) is 23.0. The Labute approximate surface area is 198 Å². The quantitative estimate of drug-likeness (QED) is 0.424. The summed E-state index contributed by atoms with van der Waals surface area (Å²) in [5.41, 5.74) is 0.901. The number of ether oxygens (including phenoxy) is 2. The Hall–Kier alpha value is -3.18. The Kier molecular flexibility index (Phi) is 7.09. The molecule has 168 valence electrons. The summed E-state index contributed by atoms with van der Waals surface area (Å²) in [6.45, 7) is 0. The first-order valence-electron chi connectivity index (χ1n) is 10.5. The van der Waals surface area contributed by atoms with Crippen LogP contribution in [0, 0.1) is 0 Å². The summed E-state index contributed by atoms with van der Waals surface area (Å²) >= 11 is -4.09. The van der Waals surface area contributed by atoms with E-state index in [2.05, 4.69) is 24.3 Å². The van der Waals surface area contributed by atoms with Crippen molar-refractivity contribution in [1.29, 1.82) is 0 Å². The second-order valence-electron chi connectivity index (χ2n) is 7.55. The van der Waals surface area contributed by atoms with Crippen LogP contribution in [0.5, 0.6) is 11.5 Å². The van der Waals surface area contributed by atoms with Crippen molar-refractivity contribution in [3.8, 4) is 11.5 Å². The molecule has 0 aliphatic heterocycles. The van der Waals surface area contributed by atoms with Crippen molar-refractivity contribution >= 4 is 11.9 Å². The van der Waals surface area contributed by atoms with E-state index in [4.69, 9.17) is 15.1 Å². The van der Waals surface area contributed by atoms with E-state index in [0.29, 0.717) is 22.6 Å². The molecule has 0 radical (unpaired) electrons. The maximum absolute atomic E-state index is 11.8. The Balaban J connectivity index is 1.71. The van der Waals surface area contributed by atoms with E-state index in [0.717, 1.165) is 0 Å². The summed E-state index contributed by atoms with van der Waals surface area (Å²) < 4.78 is 23.2. The summed E-state index contributed by atoms with van der Waals surface area (Å²) in [5, 5.41) is 0. The van der Waals surface area contributed by atoms with Gasteiger partial charge < -0.3 is 0 Å². The monoisotopic (exact) mass is 522 g/mol. The molecule has 7 heteroatoms. The number of allylic oxidation sites excluding steroid dienone is 8. The number of hydrogen-bond donors (Lipinski definition) is 0. The standard InChI is InChI=1S/2C8H8O3.2C5H5.Zr/c2*1-11-8(10)6-2-4-7(9)5-3-6;2*1-2-4-5-3-1;/h2*2-5,9H,1H3;2*1-5H;/q;;;;+2/p-2. The van der Waals surface area contributed by atoms with Gasteiger partial charge in [-0.15, -0.1) is 0 Å². The molecule has 33 heavy (non-hydrogen) atoms. The Morgan fingerprint density at radius 2 is 0.939 bits per heavy atom. The molecule has 2 aromatic rings. The zero-order valence-electron chi connectivity index (χ0n) is 18.3. The molecule has 2 aliphatic rings. The van der Waals surface area contributed by atoms with Crippen LogP contribution in [0.1, 0.15) is 20.7 Å². The molecule has 0 unspecified atom stereocenters. The normalized spacial score (nSPS) is 15.1. The van der Waals surface area contributed by atoms with Crippen LogP contribution in [-0.2, 0) is 30.6 Å². The minimum absolute atomic E-state index is 0.0114. The molecule has 0 spiro atoms. The summed E-state index contributed by atoms with van der Waals surface area (Å²) in [5.74, 6) is 0.460. The zero-order chi connectivity index (χ0) is 23.3. The fraction of sp³-hybridized carbons (Fsp3) is 0.154. The van der Waals surface area contributed by atoms with E-state index in [1.54, 1.807) is 48.5 Å². The number of carbonyl (C=O) groups is 2. The summed E-state index contributed by atoms with van der Waals surface area (Å²) in [7, 11) is 2.70. The van der Waals surface area contributed by atoms with Crippen LogP contribution in [0.4, 0.5) is 0 Å². The van der Waals surface area contributed by atoms with Crippen molar-refractivity contribution in [1.82, 2.24) is 0 Å². The third kappa shape index (κ3) is 4.94. The summed E-state index contributed by atoms with van der Waals surface area (Å²) in [4.78, 5) is 23.6. The molecule has 0 bridgehead atoms. The van der Waals surface area contributed by atoms with Gasteiger partial charge in [-0.3, -0.25) is 0 Å². The van der Waals surface area contributed by atoms with Gasteiger partial charge in [0.25, 0.3) is 0 Å². The predicted octanol–water partition coefficient (Wildman–Crippen LogP) is 5.53. The molecule has 0 fully saturated rings. The molecule has 0 amide bonds. The molecule has 4 rings (SSSR count). The number of carbonyl (C=O) groups excluding carboxylic acids is 2. The van der Waals surface area contributed by atoms with Crippen LogP contribution >= 0.6 is 0 Å². The fourth-order valence-corrected chi connectivity index (χ4v) is 12.6. The van der Waals surface area contributed by atoms with E-state index in [1.165, 1.54) is 14.2 Å². The van der Waals surface area contributed by atoms with Gasteiger partial charge in [0.05, 0.1) is 0 Å². The number of esters is 2. The zero-order valence-corrected chi connectivity index (χ0v) is 20.8. The van der Waals surface area contributed by atoms with E-state index in [-0.39, 0.29) is 7.25 Å². The van der Waals surface area contributed by atoms with Crippen molar-refractivity contribution in [2.45, 2.75) is 7.25 Å². The molecule has 0 N–H and O–H groups in total. The van der Waals surface area contributed by atoms with Crippen molar-refractivity contribution < 1.29 is 45.8 Å². The summed E-state index contributed by atoms with van der Waals surface area (Å²) in [6.07, 6.45) is 16.5. The van der Waals surface area contributed by atoms with Crippen LogP contribution < -0.4 is 5.63 Å². The predicted molar refractivity (Wildman–Crippen MR) is 121 cm³/mol. The average molecular weight is 524 g/mol. The molecular formula is C26H24O6Zr. The fourth-order valence-electron chi connectivity index (χ4n) is 3.84. The maximum atomic E-state index is 11.8. The third-order valence-electron chi connectivity index (χ3n) is 5.53. The van der Waals surface area contributed by atoms with Crippen LogP contribution in [0.3, 0.4) is 0 Å². The third-order valence-corrected chi connectivity index (χ3v) is 14.7.